The first-order valence-electron chi connectivity index (χ1n) is 6.03. The smallest absolute Gasteiger partial charge is 0.293 e. The molecule has 0 aromatic heterocycles. The van der Waals surface area contributed by atoms with E-state index in [4.69, 9.17) is 23.2 Å². The highest BCUT2D eigenvalue weighted by Gasteiger charge is 2.19. The molecule has 0 aliphatic carbocycles. The van der Waals surface area contributed by atoms with E-state index in [0.29, 0.717) is 16.6 Å². The number of benzene rings is 1. The number of rotatable bonds is 4. The van der Waals surface area contributed by atoms with Crippen molar-refractivity contribution in [2.45, 2.75) is 12.8 Å². The van der Waals surface area contributed by atoms with Crippen molar-refractivity contribution < 1.29 is 4.92 Å². The average molecular weight is 321 g/mol. The number of hydrogen-bond donors (Lipinski definition) is 1. The lowest BCUT2D eigenvalue weighted by molar-refractivity contribution is -0.383. The lowest BCUT2D eigenvalue weighted by Crippen LogP contribution is -2.19. The molecule has 1 saturated heterocycles. The van der Waals surface area contributed by atoms with Gasteiger partial charge in [0.05, 0.1) is 15.0 Å². The number of nitro groups is 1. The van der Waals surface area contributed by atoms with E-state index in [-0.39, 0.29) is 10.7 Å². The van der Waals surface area contributed by atoms with Gasteiger partial charge in [0.25, 0.3) is 5.69 Å². The molecular formula is C12H14Cl2N2O2S. The van der Waals surface area contributed by atoms with E-state index in [1.807, 2.05) is 11.8 Å². The third-order valence-corrected chi connectivity index (χ3v) is 4.93. The van der Waals surface area contributed by atoms with Crippen molar-refractivity contribution in [1.82, 2.24) is 0 Å². The minimum absolute atomic E-state index is 0.0282. The molecule has 7 heteroatoms. The van der Waals surface area contributed by atoms with Crippen LogP contribution in [0, 0.1) is 16.0 Å². The number of hydrogen-bond acceptors (Lipinski definition) is 4. The van der Waals surface area contributed by atoms with E-state index >= 15 is 0 Å². The van der Waals surface area contributed by atoms with Crippen LogP contribution in [-0.4, -0.2) is 23.0 Å². The molecular weight excluding hydrogens is 307 g/mol. The molecule has 0 amide bonds. The fourth-order valence-corrected chi connectivity index (χ4v) is 3.56. The van der Waals surface area contributed by atoms with Crippen LogP contribution in [0.5, 0.6) is 0 Å². The second-order valence-electron chi connectivity index (χ2n) is 4.48. The summed E-state index contributed by atoms with van der Waals surface area (Å²) >= 11 is 13.7. The molecule has 1 aromatic rings. The van der Waals surface area contributed by atoms with Gasteiger partial charge in [-0.25, -0.2) is 0 Å². The van der Waals surface area contributed by atoms with Gasteiger partial charge in [0.1, 0.15) is 5.69 Å². The normalized spacial score (nSPS) is 16.3. The monoisotopic (exact) mass is 320 g/mol. The third kappa shape index (κ3) is 3.91. The Hall–Kier alpha value is -0.650. The van der Waals surface area contributed by atoms with Crippen molar-refractivity contribution >= 4 is 46.3 Å². The van der Waals surface area contributed by atoms with Gasteiger partial charge >= 0.3 is 0 Å². The van der Waals surface area contributed by atoms with Crippen molar-refractivity contribution in [3.63, 3.8) is 0 Å². The maximum Gasteiger partial charge on any atom is 0.293 e. The highest BCUT2D eigenvalue weighted by molar-refractivity contribution is 7.99. The number of thioether (sulfide) groups is 1. The molecule has 0 unspecified atom stereocenters. The van der Waals surface area contributed by atoms with Gasteiger partial charge in [-0.05, 0) is 36.3 Å². The first-order chi connectivity index (χ1) is 9.08. The summed E-state index contributed by atoms with van der Waals surface area (Å²) in [5.41, 5.74) is 0.414. The molecule has 0 radical (unpaired) electrons. The van der Waals surface area contributed by atoms with Crippen LogP contribution < -0.4 is 5.32 Å². The SMILES string of the molecule is O=[N+]([O-])c1cc(Cl)c(Cl)cc1NCC1CCSCC1. The van der Waals surface area contributed by atoms with Crippen LogP contribution in [0.4, 0.5) is 11.4 Å². The number of anilines is 1. The molecule has 1 aliphatic heterocycles. The molecule has 0 bridgehead atoms. The number of nitro benzene ring substituents is 1. The number of halogens is 2. The zero-order chi connectivity index (χ0) is 13.8. The van der Waals surface area contributed by atoms with Crippen LogP contribution in [0.1, 0.15) is 12.8 Å². The summed E-state index contributed by atoms with van der Waals surface area (Å²) in [5, 5.41) is 14.7. The van der Waals surface area contributed by atoms with Gasteiger partial charge in [-0.15, -0.1) is 0 Å². The standard InChI is InChI=1S/C12H14Cl2N2O2S/c13-9-5-11(12(16(17)18)6-10(9)14)15-7-8-1-3-19-4-2-8/h5-6,8,15H,1-4,7H2. The van der Waals surface area contributed by atoms with Crippen LogP contribution in [-0.2, 0) is 0 Å². The summed E-state index contributed by atoms with van der Waals surface area (Å²) in [7, 11) is 0. The number of nitrogens with zero attached hydrogens (tertiary/aromatic N) is 1. The maximum absolute atomic E-state index is 11.0. The zero-order valence-electron chi connectivity index (χ0n) is 10.2. The summed E-state index contributed by atoms with van der Waals surface area (Å²) < 4.78 is 0. The van der Waals surface area contributed by atoms with Crippen LogP contribution in [0.25, 0.3) is 0 Å². The quantitative estimate of drug-likeness (QED) is 0.657. The van der Waals surface area contributed by atoms with Gasteiger partial charge in [-0.3, -0.25) is 10.1 Å². The molecule has 0 saturated carbocycles. The van der Waals surface area contributed by atoms with E-state index in [2.05, 4.69) is 5.32 Å². The van der Waals surface area contributed by atoms with Gasteiger partial charge in [0.15, 0.2) is 0 Å². The van der Waals surface area contributed by atoms with Crippen LogP contribution in [0.15, 0.2) is 12.1 Å². The molecule has 104 valence electrons. The average Bonchev–Trinajstić information content (AvgIpc) is 2.40. The van der Waals surface area contributed by atoms with Crippen molar-refractivity contribution in [2.75, 3.05) is 23.4 Å². The molecule has 1 heterocycles. The fourth-order valence-electron chi connectivity index (χ4n) is 2.03. The predicted octanol–water partition coefficient (Wildman–Crippen LogP) is 4.46. The Kier molecular flexibility index (Phi) is 5.19. The summed E-state index contributed by atoms with van der Waals surface area (Å²) in [6.45, 7) is 0.735. The Labute approximate surface area is 126 Å². The van der Waals surface area contributed by atoms with Gasteiger partial charge < -0.3 is 5.32 Å². The molecule has 2 rings (SSSR count). The van der Waals surface area contributed by atoms with Crippen molar-refractivity contribution in [3.8, 4) is 0 Å². The predicted molar refractivity (Wildman–Crippen MR) is 81.7 cm³/mol. The van der Waals surface area contributed by atoms with Crippen molar-refractivity contribution in [2.24, 2.45) is 5.92 Å². The molecule has 1 N–H and O–H groups in total. The molecule has 4 nitrogen and oxygen atoms in total. The molecule has 0 spiro atoms. The second kappa shape index (κ2) is 6.68. The van der Waals surface area contributed by atoms with Gasteiger partial charge in [-0.1, -0.05) is 23.2 Å². The lowest BCUT2D eigenvalue weighted by Gasteiger charge is -2.22. The van der Waals surface area contributed by atoms with E-state index in [0.717, 1.165) is 30.9 Å². The van der Waals surface area contributed by atoms with Crippen molar-refractivity contribution in [1.29, 1.82) is 0 Å². The van der Waals surface area contributed by atoms with E-state index < -0.39 is 4.92 Å². The second-order valence-corrected chi connectivity index (χ2v) is 6.52. The molecule has 1 aliphatic rings. The maximum atomic E-state index is 11.0. The largest absolute Gasteiger partial charge is 0.379 e. The van der Waals surface area contributed by atoms with E-state index in [1.54, 1.807) is 0 Å². The third-order valence-electron chi connectivity index (χ3n) is 3.16. The molecule has 1 aromatic carbocycles. The minimum Gasteiger partial charge on any atom is -0.379 e. The molecule has 1 fully saturated rings. The lowest BCUT2D eigenvalue weighted by atomic mass is 10.0. The Bertz CT molecular complexity index is 479. The first-order valence-corrected chi connectivity index (χ1v) is 7.94. The fraction of sp³-hybridized carbons (Fsp3) is 0.500. The van der Waals surface area contributed by atoms with Crippen LogP contribution >= 0.6 is 35.0 Å². The topological polar surface area (TPSA) is 55.2 Å². The summed E-state index contributed by atoms with van der Waals surface area (Å²) in [6.07, 6.45) is 2.29. The zero-order valence-corrected chi connectivity index (χ0v) is 12.5. The summed E-state index contributed by atoms with van der Waals surface area (Å²) in [6, 6.07) is 2.82. The highest BCUT2D eigenvalue weighted by atomic mass is 35.5. The molecule has 19 heavy (non-hydrogen) atoms. The summed E-state index contributed by atoms with van der Waals surface area (Å²) in [4.78, 5) is 10.6. The number of nitrogens with one attached hydrogen (secondary N) is 1. The van der Waals surface area contributed by atoms with Crippen LogP contribution in [0.2, 0.25) is 10.0 Å². The Morgan fingerprint density at radius 1 is 1.32 bits per heavy atom. The van der Waals surface area contributed by atoms with Gasteiger partial charge in [-0.2, -0.15) is 11.8 Å². The van der Waals surface area contributed by atoms with Gasteiger partial charge in [0.2, 0.25) is 0 Å². The highest BCUT2D eigenvalue weighted by Crippen LogP contribution is 2.34. The summed E-state index contributed by atoms with van der Waals surface area (Å²) in [5.74, 6) is 2.89. The van der Waals surface area contributed by atoms with Crippen molar-refractivity contribution in [3.05, 3.63) is 32.3 Å². The Morgan fingerprint density at radius 3 is 2.58 bits per heavy atom. The van der Waals surface area contributed by atoms with E-state index in [1.165, 1.54) is 12.1 Å². The van der Waals surface area contributed by atoms with Crippen LogP contribution in [0.3, 0.4) is 0 Å². The molecule has 0 atom stereocenters. The minimum atomic E-state index is -0.443. The Balaban J connectivity index is 2.09. The van der Waals surface area contributed by atoms with E-state index in [9.17, 15) is 10.1 Å². The Morgan fingerprint density at radius 2 is 1.95 bits per heavy atom. The van der Waals surface area contributed by atoms with Gasteiger partial charge in [0, 0.05) is 12.6 Å². The first kappa shape index (κ1) is 14.8.